The number of rotatable bonds is 1. The van der Waals surface area contributed by atoms with Crippen molar-refractivity contribution < 1.29 is 14.6 Å². The molecule has 3 aromatic rings. The van der Waals surface area contributed by atoms with Gasteiger partial charge in [0.15, 0.2) is 5.69 Å². The molecule has 0 unspecified atom stereocenters. The van der Waals surface area contributed by atoms with Gasteiger partial charge in [0, 0.05) is 12.4 Å². The summed E-state index contributed by atoms with van der Waals surface area (Å²) >= 11 is 0. The number of methoxy groups -OCH3 is 1. The first kappa shape index (κ1) is 17.9. The van der Waals surface area contributed by atoms with Crippen molar-refractivity contribution in [3.63, 3.8) is 0 Å². The van der Waals surface area contributed by atoms with Crippen LogP contribution in [-0.2, 0) is 4.74 Å². The maximum atomic E-state index is 11.8. The molecule has 0 atom stereocenters. The van der Waals surface area contributed by atoms with E-state index in [1.54, 1.807) is 31.3 Å². The molecule has 8 nitrogen and oxygen atoms in total. The normalized spacial score (nSPS) is 10.0. The first-order valence-electron chi connectivity index (χ1n) is 7.32. The third kappa shape index (κ3) is 4.11. The van der Waals surface area contributed by atoms with Gasteiger partial charge in [0.05, 0.1) is 7.11 Å². The minimum atomic E-state index is -0.845. The van der Waals surface area contributed by atoms with Crippen LogP contribution in [0.1, 0.15) is 21.6 Å². The highest BCUT2D eigenvalue weighted by Crippen LogP contribution is 2.12. The second kappa shape index (κ2) is 7.43. The quantitative estimate of drug-likeness (QED) is 0.642. The summed E-state index contributed by atoms with van der Waals surface area (Å²) in [6, 6.07) is 7.06. The van der Waals surface area contributed by atoms with E-state index in [1.807, 2.05) is 13.0 Å². The van der Waals surface area contributed by atoms with Crippen molar-refractivity contribution >= 4 is 17.4 Å². The third-order valence-corrected chi connectivity index (χ3v) is 3.26. The predicted octanol–water partition coefficient (Wildman–Crippen LogP) is 1.47. The van der Waals surface area contributed by atoms with Gasteiger partial charge in [-0.2, -0.15) is 0 Å². The Hall–Kier alpha value is -3.42. The van der Waals surface area contributed by atoms with Crippen LogP contribution in [0.15, 0.2) is 41.5 Å². The van der Waals surface area contributed by atoms with Crippen molar-refractivity contribution in [1.82, 2.24) is 14.4 Å². The third-order valence-electron chi connectivity index (χ3n) is 3.26. The molecule has 0 saturated heterocycles. The number of nitrogen functional groups attached to an aromatic ring is 1. The number of aromatic nitrogens is 3. The lowest BCUT2D eigenvalue weighted by Crippen LogP contribution is -2.19. The Labute approximate surface area is 143 Å². The molecule has 0 aromatic carbocycles. The molecule has 0 spiro atoms. The van der Waals surface area contributed by atoms with Crippen LogP contribution in [0.4, 0.5) is 5.82 Å². The molecular weight excluding hydrogens is 324 g/mol. The highest BCUT2D eigenvalue weighted by Gasteiger charge is 2.18. The van der Waals surface area contributed by atoms with Crippen LogP contribution in [0, 0.1) is 13.8 Å². The Kier molecular flexibility index (Phi) is 5.33. The highest BCUT2D eigenvalue weighted by atomic mass is 16.5. The van der Waals surface area contributed by atoms with Gasteiger partial charge >= 0.3 is 11.5 Å². The van der Waals surface area contributed by atoms with Crippen LogP contribution in [0.3, 0.4) is 0 Å². The van der Waals surface area contributed by atoms with Gasteiger partial charge in [-0.1, -0.05) is 12.1 Å². The highest BCUT2D eigenvalue weighted by molar-refractivity contribution is 5.90. The standard InChI is InChI=1S/C11H10N2O4.C6H8N2/c1-6-3-4-7-12-8(11(16)17-2)9(14)10(15)13(7)5-6;1-5-2-3-6(7)8-4-5/h3-5,14H,1-2H3;2-4H,1H3,(H2,7,8). The molecular formula is C17H18N4O4. The van der Waals surface area contributed by atoms with E-state index in [0.717, 1.165) is 18.2 Å². The summed E-state index contributed by atoms with van der Waals surface area (Å²) in [6.45, 7) is 3.78. The summed E-state index contributed by atoms with van der Waals surface area (Å²) in [7, 11) is 1.15. The fourth-order valence-corrected chi connectivity index (χ4v) is 1.95. The maximum absolute atomic E-state index is 11.8. The van der Waals surface area contributed by atoms with Gasteiger partial charge in [-0.3, -0.25) is 9.20 Å². The number of fused-ring (bicyclic) bond motifs is 1. The Morgan fingerprint density at radius 2 is 1.88 bits per heavy atom. The van der Waals surface area contributed by atoms with Gasteiger partial charge in [0.1, 0.15) is 11.5 Å². The summed E-state index contributed by atoms with van der Waals surface area (Å²) in [5.41, 5.74) is 6.50. The van der Waals surface area contributed by atoms with Gasteiger partial charge in [-0.15, -0.1) is 0 Å². The number of carbonyl (C=O) groups is 1. The number of hydrogen-bond acceptors (Lipinski definition) is 7. The fraction of sp³-hybridized carbons (Fsp3) is 0.176. The molecule has 0 aliphatic carbocycles. The summed E-state index contributed by atoms with van der Waals surface area (Å²) < 4.78 is 5.61. The zero-order valence-corrected chi connectivity index (χ0v) is 14.1. The second-order valence-electron chi connectivity index (χ2n) is 5.30. The van der Waals surface area contributed by atoms with Gasteiger partial charge < -0.3 is 15.6 Å². The number of aromatic hydroxyl groups is 1. The maximum Gasteiger partial charge on any atom is 0.360 e. The van der Waals surface area contributed by atoms with E-state index >= 15 is 0 Å². The van der Waals surface area contributed by atoms with Crippen LogP contribution in [0.25, 0.3) is 5.65 Å². The molecule has 3 heterocycles. The van der Waals surface area contributed by atoms with Crippen molar-refractivity contribution in [3.05, 3.63) is 63.8 Å². The van der Waals surface area contributed by atoms with Crippen molar-refractivity contribution in [3.8, 4) is 5.75 Å². The van der Waals surface area contributed by atoms with E-state index in [0.29, 0.717) is 5.82 Å². The van der Waals surface area contributed by atoms with E-state index < -0.39 is 17.3 Å². The largest absolute Gasteiger partial charge is 0.501 e. The molecule has 0 amide bonds. The Balaban J connectivity index is 0.000000236. The number of carbonyl (C=O) groups excluding carboxylic acids is 1. The Bertz CT molecular complexity index is 944. The Morgan fingerprint density at radius 3 is 2.44 bits per heavy atom. The zero-order chi connectivity index (χ0) is 18.6. The molecule has 0 aliphatic heterocycles. The van der Waals surface area contributed by atoms with Crippen LogP contribution in [0.5, 0.6) is 5.75 Å². The predicted molar refractivity (Wildman–Crippen MR) is 92.6 cm³/mol. The molecule has 0 aliphatic rings. The second-order valence-corrected chi connectivity index (χ2v) is 5.30. The number of aryl methyl sites for hydroxylation is 2. The molecule has 0 bridgehead atoms. The zero-order valence-electron chi connectivity index (χ0n) is 14.1. The lowest BCUT2D eigenvalue weighted by Gasteiger charge is -2.05. The molecule has 8 heteroatoms. The van der Waals surface area contributed by atoms with E-state index in [1.165, 1.54) is 10.6 Å². The lowest BCUT2D eigenvalue weighted by molar-refractivity contribution is 0.0590. The number of nitrogens with two attached hydrogens (primary N) is 1. The minimum absolute atomic E-state index is 0.277. The number of anilines is 1. The SMILES string of the molecule is COC(=O)c1nc2ccc(C)cn2c(=O)c1O.Cc1ccc(N)nc1. The lowest BCUT2D eigenvalue weighted by atomic mass is 10.3. The molecule has 0 fully saturated rings. The summed E-state index contributed by atoms with van der Waals surface area (Å²) in [5.74, 6) is -0.974. The van der Waals surface area contributed by atoms with E-state index in [9.17, 15) is 14.7 Å². The first-order valence-corrected chi connectivity index (χ1v) is 7.32. The van der Waals surface area contributed by atoms with Crippen LogP contribution >= 0.6 is 0 Å². The summed E-state index contributed by atoms with van der Waals surface area (Å²) in [4.78, 5) is 30.8. The number of esters is 1. The molecule has 0 saturated carbocycles. The van der Waals surface area contributed by atoms with Gasteiger partial charge in [0.25, 0.3) is 0 Å². The van der Waals surface area contributed by atoms with E-state index in [2.05, 4.69) is 14.7 Å². The number of ether oxygens (including phenoxy) is 1. The number of hydrogen-bond donors (Lipinski definition) is 2. The minimum Gasteiger partial charge on any atom is -0.501 e. The molecule has 3 aromatic heterocycles. The van der Waals surface area contributed by atoms with Gasteiger partial charge in [-0.05, 0) is 37.1 Å². The van der Waals surface area contributed by atoms with Crippen molar-refractivity contribution in [2.75, 3.05) is 12.8 Å². The fourth-order valence-electron chi connectivity index (χ4n) is 1.95. The Morgan fingerprint density at radius 1 is 1.20 bits per heavy atom. The van der Waals surface area contributed by atoms with Gasteiger partial charge in [-0.25, -0.2) is 14.8 Å². The summed E-state index contributed by atoms with van der Waals surface area (Å²) in [6.07, 6.45) is 3.28. The smallest absolute Gasteiger partial charge is 0.360 e. The van der Waals surface area contributed by atoms with Gasteiger partial charge in [0.2, 0.25) is 5.75 Å². The van der Waals surface area contributed by atoms with Crippen molar-refractivity contribution in [2.24, 2.45) is 0 Å². The molecule has 3 N–H and O–H groups in total. The average molecular weight is 342 g/mol. The molecule has 25 heavy (non-hydrogen) atoms. The average Bonchev–Trinajstić information content (AvgIpc) is 2.61. The van der Waals surface area contributed by atoms with Crippen LogP contribution in [-0.4, -0.2) is 32.6 Å². The number of pyridine rings is 2. The monoisotopic (exact) mass is 342 g/mol. The van der Waals surface area contributed by atoms with Crippen LogP contribution < -0.4 is 11.3 Å². The molecule has 0 radical (unpaired) electrons. The van der Waals surface area contributed by atoms with Crippen molar-refractivity contribution in [2.45, 2.75) is 13.8 Å². The number of nitrogens with zero attached hydrogens (tertiary/aromatic N) is 3. The van der Waals surface area contributed by atoms with Crippen molar-refractivity contribution in [1.29, 1.82) is 0 Å². The molecule has 3 rings (SSSR count). The topological polar surface area (TPSA) is 120 Å². The van der Waals surface area contributed by atoms with E-state index in [-0.39, 0.29) is 11.3 Å². The molecule has 130 valence electrons. The first-order chi connectivity index (χ1) is 11.8. The summed E-state index contributed by atoms with van der Waals surface area (Å²) in [5, 5.41) is 9.59. The van der Waals surface area contributed by atoms with E-state index in [4.69, 9.17) is 5.73 Å². The van der Waals surface area contributed by atoms with Crippen LogP contribution in [0.2, 0.25) is 0 Å².